The van der Waals surface area contributed by atoms with Crippen LogP contribution in [0.25, 0.3) is 0 Å². The minimum atomic E-state index is 0.188. The largest absolute Gasteiger partial charge is 0.493 e. The zero-order valence-corrected chi connectivity index (χ0v) is 12.8. The van der Waals surface area contributed by atoms with Crippen molar-refractivity contribution in [2.75, 3.05) is 20.3 Å². The first-order valence-electron chi connectivity index (χ1n) is 6.96. The molecule has 0 aliphatic rings. The lowest BCUT2D eigenvalue weighted by atomic mass is 9.96. The summed E-state index contributed by atoms with van der Waals surface area (Å²) >= 11 is 6.22. The summed E-state index contributed by atoms with van der Waals surface area (Å²) in [6.07, 6.45) is 0.804. The van der Waals surface area contributed by atoms with E-state index in [0.29, 0.717) is 13.2 Å². The molecule has 1 atom stereocenters. The van der Waals surface area contributed by atoms with E-state index in [0.717, 1.165) is 28.5 Å². The molecule has 0 aromatic heterocycles. The zero-order chi connectivity index (χ0) is 15.1. The van der Waals surface area contributed by atoms with Crippen molar-refractivity contribution in [1.82, 2.24) is 0 Å². The Bertz CT molecular complexity index is 574. The lowest BCUT2D eigenvalue weighted by molar-refractivity contribution is 0.280. The molecule has 1 unspecified atom stereocenters. The molecule has 2 rings (SSSR count). The van der Waals surface area contributed by atoms with E-state index in [2.05, 4.69) is 0 Å². The Hall–Kier alpha value is -1.71. The molecule has 2 aromatic rings. The second kappa shape index (κ2) is 7.91. The minimum Gasteiger partial charge on any atom is -0.493 e. The van der Waals surface area contributed by atoms with Gasteiger partial charge in [-0.2, -0.15) is 0 Å². The number of benzene rings is 2. The normalized spacial score (nSPS) is 12.0. The van der Waals surface area contributed by atoms with Crippen LogP contribution in [0.4, 0.5) is 0 Å². The topological polar surface area (TPSA) is 44.5 Å². The molecule has 0 radical (unpaired) electrons. The van der Waals surface area contributed by atoms with Crippen molar-refractivity contribution in [2.24, 2.45) is 5.73 Å². The maximum Gasteiger partial charge on any atom is 0.161 e. The van der Waals surface area contributed by atoms with Gasteiger partial charge in [0.05, 0.1) is 13.7 Å². The molecular formula is C17H20ClNO2. The smallest absolute Gasteiger partial charge is 0.161 e. The third-order valence-corrected chi connectivity index (χ3v) is 3.77. The summed E-state index contributed by atoms with van der Waals surface area (Å²) < 4.78 is 11.1. The SMILES string of the molecule is COc1ccccc1OCCC(CN)c1ccccc1Cl. The maximum absolute atomic E-state index is 6.22. The van der Waals surface area contributed by atoms with Gasteiger partial charge < -0.3 is 15.2 Å². The third kappa shape index (κ3) is 4.13. The van der Waals surface area contributed by atoms with Gasteiger partial charge in [-0.15, -0.1) is 0 Å². The number of hydrogen-bond donors (Lipinski definition) is 1. The van der Waals surface area contributed by atoms with E-state index < -0.39 is 0 Å². The van der Waals surface area contributed by atoms with Crippen molar-refractivity contribution in [2.45, 2.75) is 12.3 Å². The maximum atomic E-state index is 6.22. The van der Waals surface area contributed by atoms with Crippen LogP contribution in [-0.2, 0) is 0 Å². The van der Waals surface area contributed by atoms with Gasteiger partial charge in [-0.1, -0.05) is 41.9 Å². The molecule has 0 bridgehead atoms. The van der Waals surface area contributed by atoms with Crippen molar-refractivity contribution in [3.63, 3.8) is 0 Å². The molecule has 0 aliphatic heterocycles. The highest BCUT2D eigenvalue weighted by atomic mass is 35.5. The molecule has 0 aliphatic carbocycles. The highest BCUT2D eigenvalue weighted by molar-refractivity contribution is 6.31. The summed E-state index contributed by atoms with van der Waals surface area (Å²) in [4.78, 5) is 0. The Labute approximate surface area is 130 Å². The Balaban J connectivity index is 1.97. The summed E-state index contributed by atoms with van der Waals surface area (Å²) in [5.74, 6) is 1.67. The van der Waals surface area contributed by atoms with Crippen LogP contribution in [0, 0.1) is 0 Å². The number of methoxy groups -OCH3 is 1. The van der Waals surface area contributed by atoms with Crippen molar-refractivity contribution >= 4 is 11.6 Å². The number of hydrogen-bond acceptors (Lipinski definition) is 3. The molecule has 0 amide bonds. The van der Waals surface area contributed by atoms with Gasteiger partial charge in [0.15, 0.2) is 11.5 Å². The Morgan fingerprint density at radius 3 is 2.38 bits per heavy atom. The van der Waals surface area contributed by atoms with Crippen LogP contribution in [0.5, 0.6) is 11.5 Å². The van der Waals surface area contributed by atoms with Gasteiger partial charge in [-0.05, 0) is 36.7 Å². The van der Waals surface area contributed by atoms with Gasteiger partial charge in [0.25, 0.3) is 0 Å². The fourth-order valence-electron chi connectivity index (χ4n) is 2.26. The highest BCUT2D eigenvalue weighted by Gasteiger charge is 2.13. The quantitative estimate of drug-likeness (QED) is 0.845. The van der Waals surface area contributed by atoms with Gasteiger partial charge in [0, 0.05) is 10.9 Å². The predicted octanol–water partition coefficient (Wildman–Crippen LogP) is 3.86. The first-order chi connectivity index (χ1) is 10.3. The monoisotopic (exact) mass is 305 g/mol. The number of halogens is 1. The van der Waals surface area contributed by atoms with Crippen molar-refractivity contribution in [1.29, 1.82) is 0 Å². The van der Waals surface area contributed by atoms with E-state index in [1.54, 1.807) is 7.11 Å². The summed E-state index contributed by atoms with van der Waals surface area (Å²) in [7, 11) is 1.63. The Morgan fingerprint density at radius 1 is 1.05 bits per heavy atom. The first kappa shape index (κ1) is 15.7. The van der Waals surface area contributed by atoms with E-state index in [1.165, 1.54) is 0 Å². The summed E-state index contributed by atoms with van der Waals surface area (Å²) in [6.45, 7) is 1.10. The molecule has 0 heterocycles. The molecule has 2 N–H and O–H groups in total. The van der Waals surface area contributed by atoms with Crippen LogP contribution in [0.15, 0.2) is 48.5 Å². The lowest BCUT2D eigenvalue weighted by Crippen LogP contribution is -2.16. The van der Waals surface area contributed by atoms with Gasteiger partial charge in [0.2, 0.25) is 0 Å². The number of rotatable bonds is 7. The summed E-state index contributed by atoms with van der Waals surface area (Å²) in [5, 5.41) is 0.755. The first-order valence-corrected chi connectivity index (χ1v) is 7.34. The molecule has 2 aromatic carbocycles. The highest BCUT2D eigenvalue weighted by Crippen LogP contribution is 2.29. The molecule has 0 saturated carbocycles. The average molecular weight is 306 g/mol. The van der Waals surface area contributed by atoms with Crippen LogP contribution in [0.3, 0.4) is 0 Å². The summed E-state index contributed by atoms with van der Waals surface area (Å²) in [6, 6.07) is 15.4. The van der Waals surface area contributed by atoms with Gasteiger partial charge in [-0.3, -0.25) is 0 Å². The van der Waals surface area contributed by atoms with E-state index in [1.807, 2.05) is 48.5 Å². The average Bonchev–Trinajstić information content (AvgIpc) is 2.53. The van der Waals surface area contributed by atoms with Crippen molar-refractivity contribution in [3.8, 4) is 11.5 Å². The zero-order valence-electron chi connectivity index (χ0n) is 12.1. The standard InChI is InChI=1S/C17H20ClNO2/c1-20-16-8-4-5-9-17(16)21-11-10-13(12-19)14-6-2-3-7-15(14)18/h2-9,13H,10-12,19H2,1H3. The van der Waals surface area contributed by atoms with Crippen molar-refractivity contribution in [3.05, 3.63) is 59.1 Å². The molecule has 0 fully saturated rings. The van der Waals surface area contributed by atoms with Gasteiger partial charge in [0.1, 0.15) is 0 Å². The predicted molar refractivity (Wildman–Crippen MR) is 86.4 cm³/mol. The third-order valence-electron chi connectivity index (χ3n) is 3.42. The van der Waals surface area contributed by atoms with Crippen LogP contribution >= 0.6 is 11.6 Å². The second-order valence-electron chi connectivity index (χ2n) is 4.74. The fourth-order valence-corrected chi connectivity index (χ4v) is 2.55. The molecule has 3 nitrogen and oxygen atoms in total. The molecule has 4 heteroatoms. The van der Waals surface area contributed by atoms with Gasteiger partial charge >= 0.3 is 0 Å². The van der Waals surface area contributed by atoms with Crippen LogP contribution in [-0.4, -0.2) is 20.3 Å². The number of para-hydroxylation sites is 2. The minimum absolute atomic E-state index is 0.188. The van der Waals surface area contributed by atoms with E-state index in [9.17, 15) is 0 Å². The molecule has 0 saturated heterocycles. The lowest BCUT2D eigenvalue weighted by Gasteiger charge is -2.17. The van der Waals surface area contributed by atoms with Crippen LogP contribution in [0.1, 0.15) is 17.9 Å². The van der Waals surface area contributed by atoms with E-state index >= 15 is 0 Å². The van der Waals surface area contributed by atoms with Crippen molar-refractivity contribution < 1.29 is 9.47 Å². The second-order valence-corrected chi connectivity index (χ2v) is 5.15. The van der Waals surface area contributed by atoms with E-state index in [-0.39, 0.29) is 5.92 Å². The summed E-state index contributed by atoms with van der Waals surface area (Å²) in [5.41, 5.74) is 6.94. The fraction of sp³-hybridized carbons (Fsp3) is 0.294. The molecule has 112 valence electrons. The molecular weight excluding hydrogens is 286 g/mol. The molecule has 0 spiro atoms. The number of nitrogens with two attached hydrogens (primary N) is 1. The molecule has 21 heavy (non-hydrogen) atoms. The van der Waals surface area contributed by atoms with Crippen LogP contribution < -0.4 is 15.2 Å². The Kier molecular flexibility index (Phi) is 5.90. The van der Waals surface area contributed by atoms with E-state index in [4.69, 9.17) is 26.8 Å². The number of ether oxygens (including phenoxy) is 2. The van der Waals surface area contributed by atoms with Gasteiger partial charge in [-0.25, -0.2) is 0 Å². The Morgan fingerprint density at radius 2 is 1.71 bits per heavy atom. The van der Waals surface area contributed by atoms with Crippen LogP contribution in [0.2, 0.25) is 5.02 Å².